The van der Waals surface area contributed by atoms with E-state index in [4.69, 9.17) is 4.74 Å². The number of ether oxygens (including phenoxy) is 1. The van der Waals surface area contributed by atoms with Crippen LogP contribution in [0.2, 0.25) is 0 Å². The maximum Gasteiger partial charge on any atom is 0.149 e. The average molecular weight is 327 g/mol. The van der Waals surface area contributed by atoms with Gasteiger partial charge in [-0.15, -0.1) is 0 Å². The molecule has 1 heterocycles. The van der Waals surface area contributed by atoms with Crippen LogP contribution in [-0.2, 0) is 10.3 Å². The lowest BCUT2D eigenvalue weighted by Crippen LogP contribution is -2.43. The van der Waals surface area contributed by atoms with Crippen molar-refractivity contribution in [3.8, 4) is 0 Å². The lowest BCUT2D eigenvalue weighted by Gasteiger charge is -2.43. The largest absolute Gasteiger partial charge is 0.356 e. The Hall–Kier alpha value is -2.84. The van der Waals surface area contributed by atoms with E-state index in [0.717, 1.165) is 22.4 Å². The van der Waals surface area contributed by atoms with Crippen LogP contribution in [0.1, 0.15) is 23.6 Å². The van der Waals surface area contributed by atoms with Crippen LogP contribution in [0, 0.1) is 0 Å². The minimum atomic E-state index is -0.644. The molecule has 0 amide bonds. The Balaban J connectivity index is 2.03. The molecule has 0 spiro atoms. The van der Waals surface area contributed by atoms with Gasteiger partial charge < -0.3 is 10.1 Å². The van der Waals surface area contributed by atoms with Gasteiger partial charge in [-0.3, -0.25) is 0 Å². The summed E-state index contributed by atoms with van der Waals surface area (Å²) in [6, 6.07) is 29.3. The topological polar surface area (TPSA) is 21.3 Å². The summed E-state index contributed by atoms with van der Waals surface area (Å²) < 4.78 is 6.72. The number of hydrogen-bond donors (Lipinski definition) is 1. The summed E-state index contributed by atoms with van der Waals surface area (Å²) in [7, 11) is 0. The Morgan fingerprint density at radius 1 is 0.800 bits per heavy atom. The van der Waals surface area contributed by atoms with Gasteiger partial charge >= 0.3 is 0 Å². The number of benzene rings is 3. The third-order valence-corrected chi connectivity index (χ3v) is 4.64. The Morgan fingerprint density at radius 3 is 1.96 bits per heavy atom. The van der Waals surface area contributed by atoms with E-state index >= 15 is 0 Å². The van der Waals surface area contributed by atoms with Gasteiger partial charge in [0.05, 0.1) is 0 Å². The van der Waals surface area contributed by atoms with Gasteiger partial charge in [0.1, 0.15) is 11.8 Å². The minimum absolute atomic E-state index is 0.194. The maximum absolute atomic E-state index is 6.72. The molecule has 3 aromatic carbocycles. The second-order valence-electron chi connectivity index (χ2n) is 6.17. The van der Waals surface area contributed by atoms with E-state index in [1.165, 1.54) is 0 Å². The Bertz CT molecular complexity index is 831. The van der Waals surface area contributed by atoms with Crippen LogP contribution >= 0.6 is 0 Å². The van der Waals surface area contributed by atoms with Crippen LogP contribution in [0.3, 0.4) is 0 Å². The third-order valence-electron chi connectivity index (χ3n) is 4.64. The Morgan fingerprint density at radius 2 is 1.36 bits per heavy atom. The molecule has 0 unspecified atom stereocenters. The molecule has 1 N–H and O–H groups in total. The Labute approximate surface area is 148 Å². The van der Waals surface area contributed by atoms with Crippen LogP contribution in [0.25, 0.3) is 0 Å². The molecule has 2 nitrogen and oxygen atoms in total. The van der Waals surface area contributed by atoms with Crippen LogP contribution in [-0.4, -0.2) is 6.23 Å². The smallest absolute Gasteiger partial charge is 0.149 e. The second-order valence-corrected chi connectivity index (χ2v) is 6.17. The van der Waals surface area contributed by atoms with Gasteiger partial charge in [0.25, 0.3) is 0 Å². The van der Waals surface area contributed by atoms with Gasteiger partial charge in [-0.1, -0.05) is 84.9 Å². The third kappa shape index (κ3) is 2.65. The van der Waals surface area contributed by atoms with Crippen molar-refractivity contribution >= 4 is 5.69 Å². The number of anilines is 1. The van der Waals surface area contributed by atoms with Gasteiger partial charge in [-0.2, -0.15) is 0 Å². The molecule has 0 aliphatic carbocycles. The van der Waals surface area contributed by atoms with Gasteiger partial charge in [0.15, 0.2) is 0 Å². The summed E-state index contributed by atoms with van der Waals surface area (Å²) in [6.07, 6.45) is 3.88. The van der Waals surface area contributed by atoms with E-state index in [0.29, 0.717) is 0 Å². The highest BCUT2D eigenvalue weighted by molar-refractivity contribution is 5.63. The molecule has 25 heavy (non-hydrogen) atoms. The minimum Gasteiger partial charge on any atom is -0.356 e. The molecule has 0 radical (unpaired) electrons. The second kappa shape index (κ2) is 6.58. The predicted octanol–water partition coefficient (Wildman–Crippen LogP) is 5.32. The highest BCUT2D eigenvalue weighted by Crippen LogP contribution is 2.47. The van der Waals surface area contributed by atoms with E-state index in [1.807, 2.05) is 25.1 Å². The molecule has 0 saturated carbocycles. The number of fused-ring (bicyclic) bond motifs is 1. The summed E-state index contributed by atoms with van der Waals surface area (Å²) in [5.74, 6) is 0. The molecule has 1 atom stereocenters. The fraction of sp³-hybridized carbons (Fsp3) is 0.130. The van der Waals surface area contributed by atoms with Crippen molar-refractivity contribution in [2.75, 3.05) is 5.32 Å². The van der Waals surface area contributed by atoms with E-state index in [-0.39, 0.29) is 6.23 Å². The quantitative estimate of drug-likeness (QED) is 0.657. The summed E-state index contributed by atoms with van der Waals surface area (Å²) in [5, 5.41) is 3.48. The van der Waals surface area contributed by atoms with Crippen molar-refractivity contribution in [3.05, 3.63) is 114 Å². The van der Waals surface area contributed by atoms with Crippen molar-refractivity contribution in [1.29, 1.82) is 0 Å². The molecule has 124 valence electrons. The summed E-state index contributed by atoms with van der Waals surface area (Å²) in [6.45, 7) is 2.01. The molecule has 0 bridgehead atoms. The monoisotopic (exact) mass is 327 g/mol. The van der Waals surface area contributed by atoms with Gasteiger partial charge in [0, 0.05) is 11.3 Å². The van der Waals surface area contributed by atoms with Crippen LogP contribution in [0.15, 0.2) is 97.1 Å². The lowest BCUT2D eigenvalue weighted by molar-refractivity contribution is -0.0192. The number of rotatable bonds is 3. The first-order chi connectivity index (χ1) is 12.3. The van der Waals surface area contributed by atoms with Crippen molar-refractivity contribution < 1.29 is 4.74 Å². The molecular formula is C23H21NO. The van der Waals surface area contributed by atoms with Gasteiger partial charge in [-0.05, 0) is 30.2 Å². The number of nitrogens with one attached hydrogen (secondary N) is 1. The molecule has 0 fully saturated rings. The highest BCUT2D eigenvalue weighted by Gasteiger charge is 2.43. The molecular weight excluding hydrogens is 306 g/mol. The molecule has 0 aromatic heterocycles. The molecule has 1 aliphatic heterocycles. The zero-order valence-electron chi connectivity index (χ0n) is 14.2. The van der Waals surface area contributed by atoms with Crippen molar-refractivity contribution in [2.45, 2.75) is 18.8 Å². The zero-order chi connectivity index (χ0) is 17.1. The van der Waals surface area contributed by atoms with Crippen LogP contribution < -0.4 is 5.32 Å². The molecule has 0 saturated heterocycles. The SMILES string of the molecule is C/C=C/[C@@H]1Nc2ccccc2C(c2ccccc2)(c2ccccc2)O1. The van der Waals surface area contributed by atoms with Crippen molar-refractivity contribution in [3.63, 3.8) is 0 Å². The molecule has 3 aromatic rings. The van der Waals surface area contributed by atoms with Crippen molar-refractivity contribution in [1.82, 2.24) is 0 Å². The predicted molar refractivity (Wildman–Crippen MR) is 103 cm³/mol. The molecule has 1 aliphatic rings. The first kappa shape index (κ1) is 15.7. The fourth-order valence-electron chi connectivity index (χ4n) is 3.57. The number of hydrogen-bond acceptors (Lipinski definition) is 2. The van der Waals surface area contributed by atoms with Crippen LogP contribution in [0.4, 0.5) is 5.69 Å². The van der Waals surface area contributed by atoms with E-state index in [2.05, 4.69) is 84.2 Å². The van der Waals surface area contributed by atoms with E-state index < -0.39 is 5.60 Å². The van der Waals surface area contributed by atoms with Crippen molar-refractivity contribution in [2.24, 2.45) is 0 Å². The molecule has 2 heteroatoms. The summed E-state index contributed by atoms with van der Waals surface area (Å²) in [4.78, 5) is 0. The fourth-order valence-corrected chi connectivity index (χ4v) is 3.57. The maximum atomic E-state index is 6.72. The summed E-state index contributed by atoms with van der Waals surface area (Å²) in [5.41, 5.74) is 3.85. The van der Waals surface area contributed by atoms with E-state index in [9.17, 15) is 0 Å². The van der Waals surface area contributed by atoms with E-state index in [1.54, 1.807) is 0 Å². The normalized spacial score (nSPS) is 18.5. The van der Waals surface area contributed by atoms with Crippen LogP contribution in [0.5, 0.6) is 0 Å². The number of para-hydroxylation sites is 1. The van der Waals surface area contributed by atoms with Gasteiger partial charge in [0.2, 0.25) is 0 Å². The standard InChI is InChI=1S/C23H21NO/c1-2-11-22-24-21-17-10-9-16-20(21)23(25-22,18-12-5-3-6-13-18)19-14-7-4-8-15-19/h2-17,22,24H,1H3/b11-2+/t22-/m1/s1. The first-order valence-corrected chi connectivity index (χ1v) is 8.62. The Kier molecular flexibility index (Phi) is 4.12. The highest BCUT2D eigenvalue weighted by atomic mass is 16.5. The summed E-state index contributed by atoms with van der Waals surface area (Å²) >= 11 is 0. The lowest BCUT2D eigenvalue weighted by atomic mass is 9.78. The first-order valence-electron chi connectivity index (χ1n) is 8.62. The average Bonchev–Trinajstić information content (AvgIpc) is 2.69. The zero-order valence-corrected chi connectivity index (χ0v) is 14.2. The van der Waals surface area contributed by atoms with Gasteiger partial charge in [-0.25, -0.2) is 0 Å². The number of allylic oxidation sites excluding steroid dienone is 1. The molecule has 4 rings (SSSR count).